The highest BCUT2D eigenvalue weighted by molar-refractivity contribution is 6.30. The van der Waals surface area contributed by atoms with E-state index in [1.165, 1.54) is 12.1 Å². The highest BCUT2D eigenvalue weighted by Crippen LogP contribution is 2.30. The number of aromatic nitrogens is 1. The van der Waals surface area contributed by atoms with Crippen LogP contribution in [0.15, 0.2) is 54.6 Å². The lowest BCUT2D eigenvalue weighted by molar-refractivity contribution is -0.136. The lowest BCUT2D eigenvalue weighted by Crippen LogP contribution is -2.06. The number of halogens is 2. The SMILES string of the molecule is Cc1cc(Cl)ccc1-n1c(CCC(=O)O)ccc1-c1ccc(F)cc1. The predicted molar refractivity (Wildman–Crippen MR) is 96.9 cm³/mol. The number of aliphatic carboxylic acids is 1. The van der Waals surface area contributed by atoms with Crippen LogP contribution in [0.4, 0.5) is 4.39 Å². The molecule has 5 heteroatoms. The van der Waals surface area contributed by atoms with Crippen molar-refractivity contribution in [3.63, 3.8) is 0 Å². The molecule has 0 unspecified atom stereocenters. The van der Waals surface area contributed by atoms with Crippen molar-refractivity contribution >= 4 is 17.6 Å². The van der Waals surface area contributed by atoms with Crippen molar-refractivity contribution in [3.05, 3.63) is 76.7 Å². The van der Waals surface area contributed by atoms with E-state index in [2.05, 4.69) is 0 Å². The molecule has 0 bridgehead atoms. The molecule has 1 N–H and O–H groups in total. The molecule has 25 heavy (non-hydrogen) atoms. The maximum absolute atomic E-state index is 13.3. The Hall–Kier alpha value is -2.59. The largest absolute Gasteiger partial charge is 0.481 e. The number of hydrogen-bond acceptors (Lipinski definition) is 1. The average molecular weight is 358 g/mol. The molecule has 0 aliphatic carbocycles. The molecule has 0 amide bonds. The van der Waals surface area contributed by atoms with Gasteiger partial charge in [0.15, 0.2) is 0 Å². The molecule has 0 spiro atoms. The van der Waals surface area contributed by atoms with Gasteiger partial charge in [0, 0.05) is 16.4 Å². The summed E-state index contributed by atoms with van der Waals surface area (Å²) in [5, 5.41) is 9.66. The first-order chi connectivity index (χ1) is 12.0. The van der Waals surface area contributed by atoms with Crippen molar-refractivity contribution in [2.75, 3.05) is 0 Å². The van der Waals surface area contributed by atoms with Gasteiger partial charge in [-0.15, -0.1) is 0 Å². The Labute approximate surface area is 150 Å². The first-order valence-corrected chi connectivity index (χ1v) is 8.28. The van der Waals surface area contributed by atoms with Gasteiger partial charge < -0.3 is 9.67 Å². The van der Waals surface area contributed by atoms with Gasteiger partial charge in [-0.3, -0.25) is 4.79 Å². The summed E-state index contributed by atoms with van der Waals surface area (Å²) in [7, 11) is 0. The number of benzene rings is 2. The van der Waals surface area contributed by atoms with Gasteiger partial charge in [0.1, 0.15) is 5.82 Å². The maximum Gasteiger partial charge on any atom is 0.303 e. The topological polar surface area (TPSA) is 42.2 Å². The summed E-state index contributed by atoms with van der Waals surface area (Å²) in [5.41, 5.74) is 4.52. The van der Waals surface area contributed by atoms with Gasteiger partial charge in [-0.05, 0) is 79.1 Å². The van der Waals surface area contributed by atoms with Crippen LogP contribution in [0, 0.1) is 12.7 Å². The maximum atomic E-state index is 13.3. The summed E-state index contributed by atoms with van der Waals surface area (Å²) in [4.78, 5) is 11.0. The molecular formula is C20H17ClFNO2. The molecule has 128 valence electrons. The lowest BCUT2D eigenvalue weighted by atomic mass is 10.1. The third-order valence-electron chi connectivity index (χ3n) is 4.10. The highest BCUT2D eigenvalue weighted by atomic mass is 35.5. The molecule has 1 heterocycles. The molecule has 3 rings (SSSR count). The van der Waals surface area contributed by atoms with Gasteiger partial charge in [0.05, 0.1) is 12.1 Å². The molecule has 2 aromatic carbocycles. The Morgan fingerprint density at radius 1 is 1.12 bits per heavy atom. The van der Waals surface area contributed by atoms with Crippen LogP contribution in [0.1, 0.15) is 17.7 Å². The van der Waals surface area contributed by atoms with E-state index in [1.54, 1.807) is 18.2 Å². The Morgan fingerprint density at radius 3 is 2.48 bits per heavy atom. The van der Waals surface area contributed by atoms with Crippen molar-refractivity contribution in [2.45, 2.75) is 19.8 Å². The number of carbonyl (C=O) groups is 1. The number of carboxylic acid groups (broad SMARTS) is 1. The smallest absolute Gasteiger partial charge is 0.303 e. The summed E-state index contributed by atoms with van der Waals surface area (Å²) in [5.74, 6) is -1.14. The highest BCUT2D eigenvalue weighted by Gasteiger charge is 2.15. The van der Waals surface area contributed by atoms with E-state index >= 15 is 0 Å². The minimum absolute atomic E-state index is 0.0412. The van der Waals surface area contributed by atoms with Gasteiger partial charge in [-0.1, -0.05) is 11.6 Å². The molecule has 0 atom stereocenters. The van der Waals surface area contributed by atoms with Gasteiger partial charge in [0.2, 0.25) is 0 Å². The molecule has 1 aromatic heterocycles. The molecule has 0 aliphatic rings. The minimum Gasteiger partial charge on any atom is -0.481 e. The lowest BCUT2D eigenvalue weighted by Gasteiger charge is -2.16. The van der Waals surface area contributed by atoms with Crippen LogP contribution in [-0.4, -0.2) is 15.6 Å². The molecule has 0 saturated heterocycles. The summed E-state index contributed by atoms with van der Waals surface area (Å²) in [6.07, 6.45) is 0.443. The second-order valence-electron chi connectivity index (χ2n) is 5.88. The average Bonchev–Trinajstić information content (AvgIpc) is 2.97. The van der Waals surface area contributed by atoms with Crippen molar-refractivity contribution in [1.29, 1.82) is 0 Å². The standard InChI is InChI=1S/C20H17ClFNO2/c1-13-12-15(21)4-9-18(13)23-17(8-11-20(24)25)7-10-19(23)14-2-5-16(22)6-3-14/h2-7,9-10,12H,8,11H2,1H3,(H,24,25). The zero-order valence-electron chi connectivity index (χ0n) is 13.7. The van der Waals surface area contributed by atoms with Gasteiger partial charge in [-0.2, -0.15) is 0 Å². The van der Waals surface area contributed by atoms with Crippen LogP contribution in [0.3, 0.4) is 0 Å². The van der Waals surface area contributed by atoms with Gasteiger partial charge >= 0.3 is 5.97 Å². The fourth-order valence-electron chi connectivity index (χ4n) is 2.91. The van der Waals surface area contributed by atoms with Crippen LogP contribution >= 0.6 is 11.6 Å². The van der Waals surface area contributed by atoms with Crippen molar-refractivity contribution in [2.24, 2.45) is 0 Å². The molecule has 0 radical (unpaired) electrons. The molecule has 0 fully saturated rings. The second-order valence-corrected chi connectivity index (χ2v) is 6.31. The van der Waals surface area contributed by atoms with Crippen molar-refractivity contribution in [1.82, 2.24) is 4.57 Å². The normalized spacial score (nSPS) is 10.8. The Kier molecular flexibility index (Phi) is 4.91. The van der Waals surface area contributed by atoms with Crippen LogP contribution < -0.4 is 0 Å². The van der Waals surface area contributed by atoms with Gasteiger partial charge in [-0.25, -0.2) is 4.39 Å². The Morgan fingerprint density at radius 2 is 1.84 bits per heavy atom. The third kappa shape index (κ3) is 3.74. The Balaban J connectivity index is 2.15. The van der Waals surface area contributed by atoms with E-state index in [1.807, 2.05) is 35.8 Å². The molecular weight excluding hydrogens is 341 g/mol. The first kappa shape index (κ1) is 17.2. The number of aryl methyl sites for hydroxylation is 2. The van der Waals surface area contributed by atoms with E-state index in [4.69, 9.17) is 16.7 Å². The fraction of sp³-hybridized carbons (Fsp3) is 0.150. The van der Waals surface area contributed by atoms with E-state index in [-0.39, 0.29) is 12.2 Å². The number of carboxylic acids is 1. The summed E-state index contributed by atoms with van der Waals surface area (Å²) in [6, 6.07) is 15.7. The molecule has 3 aromatic rings. The number of hydrogen-bond donors (Lipinski definition) is 1. The monoisotopic (exact) mass is 357 g/mol. The second kappa shape index (κ2) is 7.11. The van der Waals surface area contributed by atoms with Crippen LogP contribution in [0.25, 0.3) is 16.9 Å². The van der Waals surface area contributed by atoms with Crippen LogP contribution in [-0.2, 0) is 11.2 Å². The zero-order valence-corrected chi connectivity index (χ0v) is 14.4. The van der Waals surface area contributed by atoms with E-state index in [0.29, 0.717) is 11.4 Å². The first-order valence-electron chi connectivity index (χ1n) is 7.90. The molecule has 0 aliphatic heterocycles. The number of nitrogens with zero attached hydrogens (tertiary/aromatic N) is 1. The summed E-state index contributed by atoms with van der Waals surface area (Å²) in [6.45, 7) is 1.95. The fourth-order valence-corrected chi connectivity index (χ4v) is 3.14. The van der Waals surface area contributed by atoms with Crippen molar-refractivity contribution in [3.8, 4) is 16.9 Å². The van der Waals surface area contributed by atoms with Gasteiger partial charge in [0.25, 0.3) is 0 Å². The molecule has 3 nitrogen and oxygen atoms in total. The van der Waals surface area contributed by atoms with Crippen molar-refractivity contribution < 1.29 is 14.3 Å². The summed E-state index contributed by atoms with van der Waals surface area (Å²) >= 11 is 6.07. The zero-order chi connectivity index (χ0) is 18.0. The van der Waals surface area contributed by atoms with E-state index in [0.717, 1.165) is 28.2 Å². The van der Waals surface area contributed by atoms with Crippen LogP contribution in [0.2, 0.25) is 5.02 Å². The van der Waals surface area contributed by atoms with Crippen LogP contribution in [0.5, 0.6) is 0 Å². The third-order valence-corrected chi connectivity index (χ3v) is 4.33. The minimum atomic E-state index is -0.844. The number of rotatable bonds is 5. The predicted octanol–water partition coefficient (Wildman–Crippen LogP) is 5.26. The Bertz CT molecular complexity index is 916. The summed E-state index contributed by atoms with van der Waals surface area (Å²) < 4.78 is 15.3. The molecule has 0 saturated carbocycles. The van der Waals surface area contributed by atoms with E-state index < -0.39 is 5.97 Å². The van der Waals surface area contributed by atoms with E-state index in [9.17, 15) is 9.18 Å². The quantitative estimate of drug-likeness (QED) is 0.676.